The fourth-order valence-electron chi connectivity index (χ4n) is 2.26. The average Bonchev–Trinajstić information content (AvgIpc) is 2.67. The summed E-state index contributed by atoms with van der Waals surface area (Å²) in [6.45, 7) is 2.22. The van der Waals surface area contributed by atoms with Gasteiger partial charge >= 0.3 is 5.69 Å². The molecular formula is C11H13BrN4O2. The van der Waals surface area contributed by atoms with Gasteiger partial charge in [0.2, 0.25) is 0 Å². The van der Waals surface area contributed by atoms with Gasteiger partial charge in [-0.15, -0.1) is 0 Å². The second kappa shape index (κ2) is 4.81. The van der Waals surface area contributed by atoms with Gasteiger partial charge in [0.1, 0.15) is 4.60 Å². The van der Waals surface area contributed by atoms with Crippen LogP contribution in [0.1, 0.15) is 12.8 Å². The van der Waals surface area contributed by atoms with Crippen LogP contribution in [0.25, 0.3) is 11.3 Å². The molecule has 0 aliphatic carbocycles. The van der Waals surface area contributed by atoms with E-state index in [2.05, 4.69) is 30.9 Å². The van der Waals surface area contributed by atoms with Gasteiger partial charge in [0.25, 0.3) is 0 Å². The fourth-order valence-corrected chi connectivity index (χ4v) is 2.53. The molecule has 0 spiro atoms. The van der Waals surface area contributed by atoms with E-state index in [1.165, 1.54) is 0 Å². The van der Waals surface area contributed by atoms with Crippen LogP contribution < -0.4 is 5.69 Å². The second-order valence-corrected chi connectivity index (χ2v) is 5.27. The van der Waals surface area contributed by atoms with Crippen molar-refractivity contribution in [1.29, 1.82) is 0 Å². The molecule has 2 aromatic rings. The number of ether oxygens (including phenoxy) is 1. The maximum Gasteiger partial charge on any atom is 0.328 e. The van der Waals surface area contributed by atoms with Gasteiger partial charge in [-0.25, -0.2) is 14.8 Å². The van der Waals surface area contributed by atoms with Crippen LogP contribution in [0.5, 0.6) is 0 Å². The third-order valence-corrected chi connectivity index (χ3v) is 3.61. The Morgan fingerprint density at radius 1 is 1.50 bits per heavy atom. The molecule has 6 nitrogen and oxygen atoms in total. The molecule has 0 bridgehead atoms. The van der Waals surface area contributed by atoms with Crippen LogP contribution in [-0.4, -0.2) is 32.7 Å². The Hall–Kier alpha value is -1.21. The van der Waals surface area contributed by atoms with E-state index in [9.17, 15) is 4.79 Å². The van der Waals surface area contributed by atoms with Crippen LogP contribution in [0.3, 0.4) is 0 Å². The molecule has 96 valence electrons. The van der Waals surface area contributed by atoms with Crippen molar-refractivity contribution in [3.05, 3.63) is 21.3 Å². The van der Waals surface area contributed by atoms with E-state index < -0.39 is 0 Å². The summed E-state index contributed by atoms with van der Waals surface area (Å²) >= 11 is 3.28. The van der Waals surface area contributed by atoms with Crippen molar-refractivity contribution in [2.45, 2.75) is 19.4 Å². The number of hydrogen-bond acceptors (Lipinski definition) is 4. The monoisotopic (exact) mass is 312 g/mol. The SMILES string of the molecule is O=c1[nH]c2ncc(Br)nc2n1CC1CCOCC1. The summed E-state index contributed by atoms with van der Waals surface area (Å²) in [5.74, 6) is 0.469. The van der Waals surface area contributed by atoms with Crippen molar-refractivity contribution in [3.63, 3.8) is 0 Å². The van der Waals surface area contributed by atoms with Crippen molar-refractivity contribution < 1.29 is 4.74 Å². The van der Waals surface area contributed by atoms with Gasteiger partial charge in [-0.3, -0.25) is 9.55 Å². The number of aromatic amines is 1. The number of nitrogens with one attached hydrogen (secondary N) is 1. The Bertz CT molecular complexity index is 615. The normalized spacial score (nSPS) is 17.4. The van der Waals surface area contributed by atoms with E-state index in [0.29, 0.717) is 28.4 Å². The van der Waals surface area contributed by atoms with Crippen molar-refractivity contribution in [2.24, 2.45) is 5.92 Å². The molecule has 1 N–H and O–H groups in total. The molecule has 0 radical (unpaired) electrons. The van der Waals surface area contributed by atoms with Gasteiger partial charge in [-0.1, -0.05) is 0 Å². The van der Waals surface area contributed by atoms with Crippen LogP contribution in [0.2, 0.25) is 0 Å². The summed E-state index contributed by atoms with van der Waals surface area (Å²) in [7, 11) is 0. The Kier molecular flexibility index (Phi) is 3.17. The summed E-state index contributed by atoms with van der Waals surface area (Å²) < 4.78 is 7.63. The maximum absolute atomic E-state index is 11.9. The molecule has 18 heavy (non-hydrogen) atoms. The molecule has 0 atom stereocenters. The van der Waals surface area contributed by atoms with Crippen LogP contribution in [0, 0.1) is 5.92 Å². The third kappa shape index (κ3) is 2.20. The number of halogens is 1. The number of rotatable bonds is 2. The molecule has 0 aromatic carbocycles. The highest BCUT2D eigenvalue weighted by Gasteiger charge is 2.18. The quantitative estimate of drug-likeness (QED) is 0.907. The lowest BCUT2D eigenvalue weighted by atomic mass is 10.0. The Morgan fingerprint density at radius 3 is 3.06 bits per heavy atom. The number of aromatic nitrogens is 4. The molecule has 0 unspecified atom stereocenters. The minimum absolute atomic E-state index is 0.144. The first-order valence-electron chi connectivity index (χ1n) is 5.93. The van der Waals surface area contributed by atoms with Crippen LogP contribution in [0.4, 0.5) is 0 Å². The molecular weight excluding hydrogens is 300 g/mol. The lowest BCUT2D eigenvalue weighted by Gasteiger charge is -2.21. The number of H-pyrrole nitrogens is 1. The zero-order chi connectivity index (χ0) is 12.5. The van der Waals surface area contributed by atoms with E-state index >= 15 is 0 Å². The lowest BCUT2D eigenvalue weighted by Crippen LogP contribution is -2.26. The lowest BCUT2D eigenvalue weighted by molar-refractivity contribution is 0.0613. The number of imidazole rings is 1. The predicted octanol–water partition coefficient (Wildman–Crippen LogP) is 1.31. The Balaban J connectivity index is 1.97. The standard InChI is InChI=1S/C11H13BrN4O2/c12-8-5-13-9-10(14-8)16(11(17)15-9)6-7-1-3-18-4-2-7/h5,7H,1-4,6H2,(H,13,15,17). The van der Waals surface area contributed by atoms with Crippen molar-refractivity contribution in [2.75, 3.05) is 13.2 Å². The topological polar surface area (TPSA) is 72.8 Å². The largest absolute Gasteiger partial charge is 0.381 e. The molecule has 2 aromatic heterocycles. The molecule has 1 aliphatic rings. The molecule has 0 amide bonds. The minimum atomic E-state index is -0.144. The van der Waals surface area contributed by atoms with E-state index in [4.69, 9.17) is 4.74 Å². The summed E-state index contributed by atoms with van der Waals surface area (Å²) in [4.78, 5) is 23.1. The van der Waals surface area contributed by atoms with E-state index in [-0.39, 0.29) is 5.69 Å². The molecule has 3 rings (SSSR count). The number of hydrogen-bond donors (Lipinski definition) is 1. The van der Waals surface area contributed by atoms with Gasteiger partial charge < -0.3 is 4.74 Å². The van der Waals surface area contributed by atoms with E-state index in [1.54, 1.807) is 10.8 Å². The first-order chi connectivity index (χ1) is 8.74. The number of fused-ring (bicyclic) bond motifs is 1. The summed E-state index contributed by atoms with van der Waals surface area (Å²) in [5, 5.41) is 0. The first-order valence-corrected chi connectivity index (χ1v) is 6.72. The fraction of sp³-hybridized carbons (Fsp3) is 0.545. The van der Waals surface area contributed by atoms with Gasteiger partial charge in [0.15, 0.2) is 11.3 Å². The van der Waals surface area contributed by atoms with Crippen LogP contribution in [0.15, 0.2) is 15.6 Å². The van der Waals surface area contributed by atoms with Crippen LogP contribution in [-0.2, 0) is 11.3 Å². The molecule has 1 fully saturated rings. The van der Waals surface area contributed by atoms with E-state index in [0.717, 1.165) is 26.1 Å². The summed E-state index contributed by atoms with van der Waals surface area (Å²) in [6.07, 6.45) is 3.55. The van der Waals surface area contributed by atoms with Crippen molar-refractivity contribution >= 4 is 27.2 Å². The highest BCUT2D eigenvalue weighted by atomic mass is 79.9. The van der Waals surface area contributed by atoms with Gasteiger partial charge in [-0.05, 0) is 34.7 Å². The third-order valence-electron chi connectivity index (χ3n) is 3.23. The van der Waals surface area contributed by atoms with Crippen LogP contribution >= 0.6 is 15.9 Å². The zero-order valence-electron chi connectivity index (χ0n) is 9.73. The molecule has 7 heteroatoms. The maximum atomic E-state index is 11.9. The molecule has 0 saturated carbocycles. The highest BCUT2D eigenvalue weighted by Crippen LogP contribution is 2.18. The van der Waals surface area contributed by atoms with Gasteiger partial charge in [0.05, 0.1) is 6.20 Å². The van der Waals surface area contributed by atoms with Gasteiger partial charge in [-0.2, -0.15) is 0 Å². The predicted molar refractivity (Wildman–Crippen MR) is 69.4 cm³/mol. The smallest absolute Gasteiger partial charge is 0.328 e. The van der Waals surface area contributed by atoms with E-state index in [1.807, 2.05) is 0 Å². The number of nitrogens with zero attached hydrogens (tertiary/aromatic N) is 3. The van der Waals surface area contributed by atoms with Crippen molar-refractivity contribution in [1.82, 2.24) is 19.5 Å². The highest BCUT2D eigenvalue weighted by molar-refractivity contribution is 9.10. The molecule has 1 saturated heterocycles. The first kappa shape index (κ1) is 11.9. The Morgan fingerprint density at radius 2 is 2.28 bits per heavy atom. The summed E-state index contributed by atoms with van der Waals surface area (Å²) in [5.41, 5.74) is 1.01. The second-order valence-electron chi connectivity index (χ2n) is 4.46. The summed E-state index contributed by atoms with van der Waals surface area (Å²) in [6, 6.07) is 0. The van der Waals surface area contributed by atoms with Gasteiger partial charge in [0, 0.05) is 19.8 Å². The zero-order valence-corrected chi connectivity index (χ0v) is 11.3. The Labute approximate surface area is 112 Å². The van der Waals surface area contributed by atoms with Crippen molar-refractivity contribution in [3.8, 4) is 0 Å². The minimum Gasteiger partial charge on any atom is -0.381 e. The molecule has 3 heterocycles. The molecule has 1 aliphatic heterocycles. The average molecular weight is 313 g/mol.